The number of aromatic nitrogens is 2. The summed E-state index contributed by atoms with van der Waals surface area (Å²) in [4.78, 5) is 0. The summed E-state index contributed by atoms with van der Waals surface area (Å²) in [5.41, 5.74) is 2.20. The van der Waals surface area contributed by atoms with Crippen LogP contribution >= 0.6 is 27.7 Å². The van der Waals surface area contributed by atoms with Crippen LogP contribution in [0.3, 0.4) is 0 Å². The number of aromatic amines is 1. The molecule has 0 aliphatic carbocycles. The molecule has 0 aliphatic heterocycles. The van der Waals surface area contributed by atoms with Crippen molar-refractivity contribution >= 4 is 27.7 Å². The van der Waals surface area contributed by atoms with E-state index in [-0.39, 0.29) is 0 Å². The Balaban J connectivity index is 2.39. The van der Waals surface area contributed by atoms with Crippen LogP contribution in [0.1, 0.15) is 0 Å². The molecule has 0 bridgehead atoms. The average molecular weight is 269 g/mol. The molecule has 0 saturated carbocycles. The van der Waals surface area contributed by atoms with Crippen molar-refractivity contribution in [3.63, 3.8) is 0 Å². The standard InChI is InChI=1S/C10H9BrN2S/c1-14-10-6-9(12-13-10)7-3-2-4-8(11)5-7/h2-6H,1H3,(H,12,13). The maximum Gasteiger partial charge on any atom is 0.118 e. The summed E-state index contributed by atoms with van der Waals surface area (Å²) in [7, 11) is 0. The molecule has 2 aromatic rings. The molecule has 1 aromatic carbocycles. The summed E-state index contributed by atoms with van der Waals surface area (Å²) in [6.45, 7) is 0. The first kappa shape index (κ1) is 9.80. The van der Waals surface area contributed by atoms with E-state index in [9.17, 15) is 0 Å². The van der Waals surface area contributed by atoms with Crippen molar-refractivity contribution < 1.29 is 0 Å². The van der Waals surface area contributed by atoms with E-state index in [1.807, 2.05) is 24.5 Å². The van der Waals surface area contributed by atoms with E-state index < -0.39 is 0 Å². The summed E-state index contributed by atoms with van der Waals surface area (Å²) < 4.78 is 1.08. The molecule has 0 unspecified atom stereocenters. The molecule has 1 heterocycles. The Morgan fingerprint density at radius 1 is 1.36 bits per heavy atom. The van der Waals surface area contributed by atoms with Gasteiger partial charge in [-0.15, -0.1) is 11.8 Å². The van der Waals surface area contributed by atoms with Crippen molar-refractivity contribution in [2.75, 3.05) is 6.26 Å². The zero-order chi connectivity index (χ0) is 9.97. The molecule has 1 aromatic heterocycles. The third-order valence-electron chi connectivity index (χ3n) is 1.90. The largest absolute Gasteiger partial charge is 0.277 e. The van der Waals surface area contributed by atoms with Crippen LogP contribution in [-0.2, 0) is 0 Å². The molecule has 72 valence electrons. The molecule has 0 radical (unpaired) electrons. The Hall–Kier alpha value is -0.740. The minimum Gasteiger partial charge on any atom is -0.277 e. The van der Waals surface area contributed by atoms with E-state index in [4.69, 9.17) is 0 Å². The molecule has 0 saturated heterocycles. The Labute approximate surface area is 95.2 Å². The van der Waals surface area contributed by atoms with E-state index in [0.29, 0.717) is 0 Å². The molecule has 14 heavy (non-hydrogen) atoms. The average Bonchev–Trinajstić information content (AvgIpc) is 2.66. The first-order chi connectivity index (χ1) is 6.79. The maximum absolute atomic E-state index is 4.16. The van der Waals surface area contributed by atoms with Crippen molar-refractivity contribution in [1.29, 1.82) is 0 Å². The van der Waals surface area contributed by atoms with Gasteiger partial charge in [0.25, 0.3) is 0 Å². The molecule has 0 atom stereocenters. The number of nitrogens with one attached hydrogen (secondary N) is 1. The number of nitrogens with zero attached hydrogens (tertiary/aromatic N) is 1. The highest BCUT2D eigenvalue weighted by molar-refractivity contribution is 9.10. The van der Waals surface area contributed by atoms with Gasteiger partial charge in [-0.3, -0.25) is 5.10 Å². The van der Waals surface area contributed by atoms with Crippen LogP contribution in [0.5, 0.6) is 0 Å². The monoisotopic (exact) mass is 268 g/mol. The predicted molar refractivity (Wildman–Crippen MR) is 63.5 cm³/mol. The predicted octanol–water partition coefficient (Wildman–Crippen LogP) is 3.56. The Morgan fingerprint density at radius 2 is 2.21 bits per heavy atom. The molecule has 2 nitrogen and oxygen atoms in total. The third-order valence-corrected chi connectivity index (χ3v) is 3.02. The highest BCUT2D eigenvalue weighted by Gasteiger charge is 2.02. The Morgan fingerprint density at radius 3 is 2.86 bits per heavy atom. The van der Waals surface area contributed by atoms with Crippen molar-refractivity contribution in [1.82, 2.24) is 10.2 Å². The summed E-state index contributed by atoms with van der Waals surface area (Å²) in [5, 5.41) is 8.19. The molecular weight excluding hydrogens is 260 g/mol. The lowest BCUT2D eigenvalue weighted by Crippen LogP contribution is -1.76. The normalized spacial score (nSPS) is 10.4. The zero-order valence-electron chi connectivity index (χ0n) is 7.62. The van der Waals surface area contributed by atoms with Crippen molar-refractivity contribution in [2.45, 2.75) is 5.03 Å². The maximum atomic E-state index is 4.16. The minimum atomic E-state index is 1.01. The van der Waals surface area contributed by atoms with Crippen LogP contribution in [-0.4, -0.2) is 16.5 Å². The summed E-state index contributed by atoms with van der Waals surface area (Å²) in [6, 6.07) is 10.2. The van der Waals surface area contributed by atoms with E-state index in [1.165, 1.54) is 0 Å². The lowest BCUT2D eigenvalue weighted by Gasteiger charge is -1.96. The summed E-state index contributed by atoms with van der Waals surface area (Å²) in [6.07, 6.45) is 2.01. The highest BCUT2D eigenvalue weighted by Crippen LogP contribution is 2.23. The van der Waals surface area contributed by atoms with Gasteiger partial charge in [0.2, 0.25) is 0 Å². The fourth-order valence-electron chi connectivity index (χ4n) is 1.21. The van der Waals surface area contributed by atoms with Gasteiger partial charge in [0.05, 0.1) is 5.69 Å². The first-order valence-electron chi connectivity index (χ1n) is 4.15. The molecule has 0 aliphatic rings. The van der Waals surface area contributed by atoms with Crippen molar-refractivity contribution in [2.24, 2.45) is 0 Å². The minimum absolute atomic E-state index is 1.01. The van der Waals surface area contributed by atoms with Gasteiger partial charge in [0.15, 0.2) is 0 Å². The number of H-pyrrole nitrogens is 1. The number of hydrogen-bond donors (Lipinski definition) is 1. The fraction of sp³-hybridized carbons (Fsp3) is 0.100. The van der Waals surface area contributed by atoms with Crippen LogP contribution in [0.4, 0.5) is 0 Å². The number of halogens is 1. The molecule has 0 amide bonds. The number of benzene rings is 1. The second-order valence-corrected chi connectivity index (χ2v) is 4.58. The van der Waals surface area contributed by atoms with Crippen LogP contribution in [0, 0.1) is 0 Å². The SMILES string of the molecule is CSc1cc(-c2cccc(Br)c2)[nH]n1. The van der Waals surface area contributed by atoms with Gasteiger partial charge in [-0.05, 0) is 24.5 Å². The lowest BCUT2D eigenvalue weighted by atomic mass is 10.2. The van der Waals surface area contributed by atoms with Crippen LogP contribution in [0.15, 0.2) is 39.8 Å². The van der Waals surface area contributed by atoms with E-state index >= 15 is 0 Å². The Kier molecular flexibility index (Phi) is 2.93. The van der Waals surface area contributed by atoms with Gasteiger partial charge in [0.1, 0.15) is 5.03 Å². The number of thioether (sulfide) groups is 1. The molecular formula is C10H9BrN2S. The molecule has 1 N–H and O–H groups in total. The van der Waals surface area contributed by atoms with Gasteiger partial charge in [0, 0.05) is 10.0 Å². The first-order valence-corrected chi connectivity index (χ1v) is 6.17. The second kappa shape index (κ2) is 4.19. The third kappa shape index (κ3) is 2.01. The van der Waals surface area contributed by atoms with E-state index in [0.717, 1.165) is 20.8 Å². The van der Waals surface area contributed by atoms with Gasteiger partial charge >= 0.3 is 0 Å². The fourth-order valence-corrected chi connectivity index (χ4v) is 1.98. The molecule has 4 heteroatoms. The number of hydrogen-bond acceptors (Lipinski definition) is 2. The van der Waals surface area contributed by atoms with E-state index in [1.54, 1.807) is 11.8 Å². The Bertz CT molecular complexity index is 439. The van der Waals surface area contributed by atoms with Crippen molar-refractivity contribution in [3.05, 3.63) is 34.8 Å². The molecule has 0 spiro atoms. The molecule has 0 fully saturated rings. The van der Waals surface area contributed by atoms with Crippen LogP contribution in [0.25, 0.3) is 11.3 Å². The second-order valence-electron chi connectivity index (χ2n) is 2.83. The van der Waals surface area contributed by atoms with Crippen LogP contribution in [0.2, 0.25) is 0 Å². The van der Waals surface area contributed by atoms with Gasteiger partial charge in [-0.25, -0.2) is 0 Å². The number of rotatable bonds is 2. The van der Waals surface area contributed by atoms with Gasteiger partial charge in [-0.2, -0.15) is 5.10 Å². The quantitative estimate of drug-likeness (QED) is 0.844. The zero-order valence-corrected chi connectivity index (χ0v) is 10.0. The van der Waals surface area contributed by atoms with Gasteiger partial charge < -0.3 is 0 Å². The molecule has 2 rings (SSSR count). The van der Waals surface area contributed by atoms with Gasteiger partial charge in [-0.1, -0.05) is 28.1 Å². The van der Waals surface area contributed by atoms with Crippen molar-refractivity contribution in [3.8, 4) is 11.3 Å². The van der Waals surface area contributed by atoms with E-state index in [2.05, 4.69) is 38.3 Å². The lowest BCUT2D eigenvalue weighted by molar-refractivity contribution is 1.01. The summed E-state index contributed by atoms with van der Waals surface area (Å²) >= 11 is 5.08. The van der Waals surface area contributed by atoms with Crippen LogP contribution < -0.4 is 0 Å². The highest BCUT2D eigenvalue weighted by atomic mass is 79.9. The summed E-state index contributed by atoms with van der Waals surface area (Å²) in [5.74, 6) is 0. The topological polar surface area (TPSA) is 28.7 Å². The smallest absolute Gasteiger partial charge is 0.118 e.